The molecule has 4 rings (SSSR count). The van der Waals surface area contributed by atoms with Crippen molar-refractivity contribution in [1.82, 2.24) is 0 Å². The SMILES string of the molecule is CCCc1ccc(-c2ccc(OC(=O)C3CCC(c4ccc(CC)c(F)c4)CC3)c(F)c2F)cc1. The molecule has 0 unspecified atom stereocenters. The molecule has 0 saturated heterocycles. The Morgan fingerprint density at radius 3 is 2.23 bits per heavy atom. The Balaban J connectivity index is 1.39. The maximum Gasteiger partial charge on any atom is 0.314 e. The van der Waals surface area contributed by atoms with E-state index in [-0.39, 0.29) is 23.2 Å². The van der Waals surface area contributed by atoms with Crippen LogP contribution in [0.2, 0.25) is 0 Å². The van der Waals surface area contributed by atoms with Gasteiger partial charge in [-0.3, -0.25) is 4.79 Å². The van der Waals surface area contributed by atoms with Crippen LogP contribution in [-0.4, -0.2) is 5.97 Å². The van der Waals surface area contributed by atoms with Gasteiger partial charge >= 0.3 is 5.97 Å². The van der Waals surface area contributed by atoms with E-state index < -0.39 is 23.4 Å². The van der Waals surface area contributed by atoms with Gasteiger partial charge < -0.3 is 4.74 Å². The molecule has 5 heteroatoms. The van der Waals surface area contributed by atoms with Crippen molar-refractivity contribution < 1.29 is 22.7 Å². The van der Waals surface area contributed by atoms with E-state index in [1.165, 1.54) is 12.1 Å². The van der Waals surface area contributed by atoms with Gasteiger partial charge in [-0.1, -0.05) is 56.7 Å². The Morgan fingerprint density at radius 1 is 0.886 bits per heavy atom. The van der Waals surface area contributed by atoms with E-state index in [9.17, 15) is 18.0 Å². The van der Waals surface area contributed by atoms with Crippen LogP contribution in [0.3, 0.4) is 0 Å². The molecule has 3 aromatic rings. The van der Waals surface area contributed by atoms with Crippen molar-refractivity contribution in [2.75, 3.05) is 0 Å². The molecule has 0 aromatic heterocycles. The lowest BCUT2D eigenvalue weighted by Crippen LogP contribution is -2.25. The fourth-order valence-corrected chi connectivity index (χ4v) is 4.93. The number of esters is 1. The lowest BCUT2D eigenvalue weighted by molar-refractivity contribution is -0.140. The van der Waals surface area contributed by atoms with Gasteiger partial charge in [0.05, 0.1) is 5.92 Å². The average molecular weight is 481 g/mol. The van der Waals surface area contributed by atoms with Crippen molar-refractivity contribution in [3.8, 4) is 16.9 Å². The van der Waals surface area contributed by atoms with E-state index in [1.807, 2.05) is 31.2 Å². The Kier molecular flexibility index (Phi) is 7.94. The van der Waals surface area contributed by atoms with Crippen LogP contribution in [0.1, 0.15) is 68.6 Å². The molecule has 35 heavy (non-hydrogen) atoms. The number of halogens is 3. The van der Waals surface area contributed by atoms with Crippen LogP contribution < -0.4 is 4.74 Å². The second-order valence-corrected chi connectivity index (χ2v) is 9.36. The fourth-order valence-electron chi connectivity index (χ4n) is 4.93. The van der Waals surface area contributed by atoms with Crippen molar-refractivity contribution in [3.63, 3.8) is 0 Å². The first-order valence-corrected chi connectivity index (χ1v) is 12.5. The highest BCUT2D eigenvalue weighted by atomic mass is 19.2. The minimum atomic E-state index is -1.16. The number of hydrogen-bond donors (Lipinski definition) is 0. The summed E-state index contributed by atoms with van der Waals surface area (Å²) in [6, 6.07) is 15.5. The predicted octanol–water partition coefficient (Wildman–Crippen LogP) is 8.17. The van der Waals surface area contributed by atoms with E-state index in [2.05, 4.69) is 6.92 Å². The molecule has 0 heterocycles. The summed E-state index contributed by atoms with van der Waals surface area (Å²) in [5.41, 5.74) is 3.48. The van der Waals surface area contributed by atoms with Crippen LogP contribution >= 0.6 is 0 Å². The molecule has 0 radical (unpaired) electrons. The Morgan fingerprint density at radius 2 is 1.60 bits per heavy atom. The van der Waals surface area contributed by atoms with Gasteiger partial charge in [-0.25, -0.2) is 8.78 Å². The molecule has 2 nitrogen and oxygen atoms in total. The zero-order chi connectivity index (χ0) is 24.9. The van der Waals surface area contributed by atoms with Crippen molar-refractivity contribution in [3.05, 3.63) is 88.7 Å². The molecule has 0 N–H and O–H groups in total. The summed E-state index contributed by atoms with van der Waals surface area (Å²) in [7, 11) is 0. The second-order valence-electron chi connectivity index (χ2n) is 9.36. The van der Waals surface area contributed by atoms with Crippen LogP contribution in [-0.2, 0) is 17.6 Å². The Bertz CT molecular complexity index is 1180. The summed E-state index contributed by atoms with van der Waals surface area (Å²) in [6.07, 6.45) is 5.14. The van der Waals surface area contributed by atoms with Crippen LogP contribution in [0, 0.1) is 23.4 Å². The van der Waals surface area contributed by atoms with Gasteiger partial charge in [0.15, 0.2) is 11.6 Å². The summed E-state index contributed by atoms with van der Waals surface area (Å²) in [4.78, 5) is 12.7. The quantitative estimate of drug-likeness (QED) is 0.252. The molecule has 3 aromatic carbocycles. The number of rotatable bonds is 7. The molecule has 1 aliphatic rings. The van der Waals surface area contributed by atoms with E-state index in [1.54, 1.807) is 18.2 Å². The standard InChI is InChI=1S/C30H31F3O2/c1-3-5-19-6-8-22(9-7-19)25-16-17-27(29(33)28(25)32)35-30(34)23-13-11-21(12-14-23)24-15-10-20(4-2)26(31)18-24/h6-10,15-18,21,23H,3-5,11-14H2,1-2H3. The molecule has 0 spiro atoms. The van der Waals surface area contributed by atoms with Gasteiger partial charge in [0, 0.05) is 5.56 Å². The molecule has 1 fully saturated rings. The summed E-state index contributed by atoms with van der Waals surface area (Å²) < 4.78 is 49.0. The number of carbonyl (C=O) groups is 1. The molecule has 0 bridgehead atoms. The maximum absolute atomic E-state index is 14.8. The molecule has 0 amide bonds. The van der Waals surface area contributed by atoms with Gasteiger partial charge in [-0.15, -0.1) is 0 Å². The lowest BCUT2D eigenvalue weighted by atomic mass is 9.78. The summed E-state index contributed by atoms with van der Waals surface area (Å²) in [5.74, 6) is -3.53. The highest BCUT2D eigenvalue weighted by Gasteiger charge is 2.30. The van der Waals surface area contributed by atoms with Gasteiger partial charge in [-0.05, 0) is 84.9 Å². The molecule has 184 valence electrons. The number of hydrogen-bond acceptors (Lipinski definition) is 2. The Hall–Kier alpha value is -3.08. The van der Waals surface area contributed by atoms with Crippen LogP contribution in [0.5, 0.6) is 5.75 Å². The highest BCUT2D eigenvalue weighted by molar-refractivity contribution is 5.76. The smallest absolute Gasteiger partial charge is 0.314 e. The molecular weight excluding hydrogens is 449 g/mol. The third kappa shape index (κ3) is 5.61. The first-order valence-electron chi connectivity index (χ1n) is 12.5. The fraction of sp³-hybridized carbons (Fsp3) is 0.367. The van der Waals surface area contributed by atoms with Gasteiger partial charge in [0.2, 0.25) is 5.82 Å². The van der Waals surface area contributed by atoms with Crippen LogP contribution in [0.25, 0.3) is 11.1 Å². The predicted molar refractivity (Wildman–Crippen MR) is 132 cm³/mol. The number of aryl methyl sites for hydroxylation is 2. The van der Waals surface area contributed by atoms with Crippen molar-refractivity contribution >= 4 is 5.97 Å². The Labute approximate surface area is 205 Å². The summed E-state index contributed by atoms with van der Waals surface area (Å²) >= 11 is 0. The van der Waals surface area contributed by atoms with E-state index in [0.717, 1.165) is 24.0 Å². The minimum absolute atomic E-state index is 0.132. The monoisotopic (exact) mass is 480 g/mol. The first-order chi connectivity index (χ1) is 16.9. The van der Waals surface area contributed by atoms with Crippen molar-refractivity contribution in [2.45, 2.75) is 64.7 Å². The zero-order valence-electron chi connectivity index (χ0n) is 20.3. The summed E-state index contributed by atoms with van der Waals surface area (Å²) in [6.45, 7) is 4.00. The largest absolute Gasteiger partial charge is 0.423 e. The highest BCUT2D eigenvalue weighted by Crippen LogP contribution is 2.37. The van der Waals surface area contributed by atoms with Crippen LogP contribution in [0.15, 0.2) is 54.6 Å². The zero-order valence-corrected chi connectivity index (χ0v) is 20.3. The molecule has 1 saturated carbocycles. The maximum atomic E-state index is 14.8. The van der Waals surface area contributed by atoms with Gasteiger partial charge in [0.1, 0.15) is 5.82 Å². The van der Waals surface area contributed by atoms with Crippen molar-refractivity contribution in [2.24, 2.45) is 5.92 Å². The molecule has 0 atom stereocenters. The second kappa shape index (κ2) is 11.1. The number of carbonyl (C=O) groups excluding carboxylic acids is 1. The third-order valence-corrected chi connectivity index (χ3v) is 7.05. The summed E-state index contributed by atoms with van der Waals surface area (Å²) in [5, 5.41) is 0. The number of ether oxygens (including phenoxy) is 1. The van der Waals surface area contributed by atoms with E-state index in [0.29, 0.717) is 43.2 Å². The normalized spacial score (nSPS) is 17.9. The van der Waals surface area contributed by atoms with E-state index >= 15 is 0 Å². The van der Waals surface area contributed by atoms with E-state index in [4.69, 9.17) is 4.74 Å². The van der Waals surface area contributed by atoms with Gasteiger partial charge in [-0.2, -0.15) is 4.39 Å². The van der Waals surface area contributed by atoms with Crippen LogP contribution in [0.4, 0.5) is 13.2 Å². The molecule has 0 aliphatic heterocycles. The first kappa shape index (κ1) is 25.0. The lowest BCUT2D eigenvalue weighted by Gasteiger charge is -2.27. The molecule has 1 aliphatic carbocycles. The third-order valence-electron chi connectivity index (χ3n) is 7.05. The minimum Gasteiger partial charge on any atom is -0.423 e. The van der Waals surface area contributed by atoms with Gasteiger partial charge in [0.25, 0.3) is 0 Å². The van der Waals surface area contributed by atoms with Crippen molar-refractivity contribution in [1.29, 1.82) is 0 Å². The average Bonchev–Trinajstić information content (AvgIpc) is 2.88. The topological polar surface area (TPSA) is 26.3 Å². The number of benzene rings is 3. The molecular formula is C30H31F3O2.